The van der Waals surface area contributed by atoms with E-state index in [1.807, 2.05) is 0 Å². The molecule has 14 heavy (non-hydrogen) atoms. The van der Waals surface area contributed by atoms with Crippen molar-refractivity contribution in [1.82, 2.24) is 9.78 Å². The molecule has 0 bridgehead atoms. The number of rotatable bonds is 1. The minimum absolute atomic E-state index is 0.0799. The molecule has 0 fully saturated rings. The summed E-state index contributed by atoms with van der Waals surface area (Å²) in [5.41, 5.74) is -0.620. The highest BCUT2D eigenvalue weighted by molar-refractivity contribution is 9.10. The molecule has 0 radical (unpaired) electrons. The number of halogens is 1. The monoisotopic (exact) mass is 253 g/mol. The fraction of sp³-hybridized carbons (Fsp3) is 0. The molecule has 2 aromatic rings. The van der Waals surface area contributed by atoms with Crippen LogP contribution in [0.5, 0.6) is 0 Å². The number of hydrogen-bond donors (Lipinski definition) is 0. The Kier molecular flexibility index (Phi) is 1.11. The molecule has 0 atom stereocenters. The van der Waals surface area contributed by atoms with Crippen molar-refractivity contribution in [2.24, 2.45) is 0 Å². The van der Waals surface area contributed by atoms with E-state index in [-0.39, 0.29) is 28.1 Å². The average molecular weight is 254 g/mol. The molecule has 0 N–H and O–H groups in total. The molecular weight excluding hydrogens is 242 g/mol. The molecule has 1 heterocycles. The molecule has 0 aliphatic heterocycles. The average Bonchev–Trinajstić information content (AvgIpc) is 2.65. The van der Waals surface area contributed by atoms with Crippen molar-refractivity contribution in [3.63, 3.8) is 0 Å². The van der Waals surface area contributed by atoms with Gasteiger partial charge in [-0.3, -0.25) is 0 Å². The molecular formula is C10H6BrN3. The van der Waals surface area contributed by atoms with E-state index in [1.54, 1.807) is 6.07 Å². The van der Waals surface area contributed by atoms with Gasteiger partial charge in [-0.2, -0.15) is 10.4 Å². The van der Waals surface area contributed by atoms with Gasteiger partial charge >= 0.3 is 0 Å². The Bertz CT molecular complexity index is 764. The Morgan fingerprint density at radius 1 is 1.57 bits per heavy atom. The van der Waals surface area contributed by atoms with Crippen LogP contribution in [0, 0.1) is 11.3 Å². The maximum absolute atomic E-state index is 8.96. The summed E-state index contributed by atoms with van der Waals surface area (Å²) in [5, 5.41) is 12.7. The standard InChI is InChI=1S/C10H6BrN3/c11-9-6-13-14(7-9)10-3-1-2-8(4-10)5-12/h1-4,6-7H/i1D,2D,3D,4D,6D,7D. The van der Waals surface area contributed by atoms with Crippen LogP contribution in [0.25, 0.3) is 5.69 Å². The molecule has 4 heteroatoms. The van der Waals surface area contributed by atoms with Crippen molar-refractivity contribution in [1.29, 1.82) is 5.26 Å². The zero-order valence-corrected chi connectivity index (χ0v) is 8.31. The molecule has 0 saturated heterocycles. The van der Waals surface area contributed by atoms with Crippen molar-refractivity contribution in [3.8, 4) is 11.8 Å². The lowest BCUT2D eigenvalue weighted by Gasteiger charge is -1.99. The van der Waals surface area contributed by atoms with Crippen LogP contribution >= 0.6 is 15.9 Å². The van der Waals surface area contributed by atoms with Gasteiger partial charge in [-0.25, -0.2) is 4.68 Å². The predicted molar refractivity (Wildman–Crippen MR) is 56.0 cm³/mol. The van der Waals surface area contributed by atoms with Gasteiger partial charge in [-0.1, -0.05) is 6.04 Å². The van der Waals surface area contributed by atoms with Gasteiger partial charge in [0.05, 0.1) is 36.2 Å². The third kappa shape index (κ3) is 1.68. The summed E-state index contributed by atoms with van der Waals surface area (Å²) in [6.45, 7) is 0. The lowest BCUT2D eigenvalue weighted by Crippen LogP contribution is -1.93. The first-order valence-corrected chi connectivity index (χ1v) is 4.33. The van der Waals surface area contributed by atoms with Gasteiger partial charge in [0.15, 0.2) is 0 Å². The Hall–Kier alpha value is -1.60. The minimum Gasteiger partial charge on any atom is -0.240 e. The van der Waals surface area contributed by atoms with Crippen molar-refractivity contribution >= 4 is 15.9 Å². The van der Waals surface area contributed by atoms with Gasteiger partial charge in [0.1, 0.15) is 0 Å². The maximum Gasteiger partial charge on any atom is 0.0992 e. The smallest absolute Gasteiger partial charge is 0.0992 e. The normalized spacial score (nSPS) is 15.7. The highest BCUT2D eigenvalue weighted by Gasteiger charge is 1.99. The van der Waals surface area contributed by atoms with Crippen LogP contribution < -0.4 is 0 Å². The summed E-state index contributed by atoms with van der Waals surface area (Å²) in [7, 11) is 0. The molecule has 1 aromatic carbocycles. The first-order chi connectivity index (χ1) is 9.31. The first kappa shape index (κ1) is 4.28. The van der Waals surface area contributed by atoms with E-state index < -0.39 is 24.2 Å². The Morgan fingerprint density at radius 3 is 3.07 bits per heavy atom. The molecule has 0 aliphatic rings. The molecule has 0 spiro atoms. The van der Waals surface area contributed by atoms with Crippen LogP contribution in [0.2, 0.25) is 0 Å². The highest BCUT2D eigenvalue weighted by atomic mass is 79.9. The topological polar surface area (TPSA) is 41.6 Å². The van der Waals surface area contributed by atoms with E-state index in [1.165, 1.54) is 0 Å². The van der Waals surface area contributed by atoms with Crippen LogP contribution in [0.15, 0.2) is 41.0 Å². The fourth-order valence-corrected chi connectivity index (χ4v) is 1.09. The summed E-state index contributed by atoms with van der Waals surface area (Å²) < 4.78 is 47.1. The highest BCUT2D eigenvalue weighted by Crippen LogP contribution is 2.13. The Labute approximate surface area is 98.2 Å². The van der Waals surface area contributed by atoms with Crippen molar-refractivity contribution < 1.29 is 8.22 Å². The van der Waals surface area contributed by atoms with Crippen LogP contribution in [-0.4, -0.2) is 9.78 Å². The van der Waals surface area contributed by atoms with Crippen LogP contribution in [-0.2, 0) is 0 Å². The Balaban J connectivity index is 2.92. The minimum atomic E-state index is -0.523. The lowest BCUT2D eigenvalue weighted by molar-refractivity contribution is 0.880. The zero-order valence-electron chi connectivity index (χ0n) is 12.7. The number of hydrogen-bond acceptors (Lipinski definition) is 2. The summed E-state index contributed by atoms with van der Waals surface area (Å²) >= 11 is 2.99. The second kappa shape index (κ2) is 3.64. The van der Waals surface area contributed by atoms with Gasteiger partial charge < -0.3 is 0 Å². The second-order valence-corrected chi connectivity index (χ2v) is 3.08. The largest absolute Gasteiger partial charge is 0.240 e. The van der Waals surface area contributed by atoms with Gasteiger partial charge in [0.2, 0.25) is 0 Å². The van der Waals surface area contributed by atoms with Crippen molar-refractivity contribution in [3.05, 3.63) is 46.6 Å². The number of aromatic nitrogens is 2. The third-order valence-electron chi connectivity index (χ3n) is 1.39. The molecule has 1 aromatic heterocycles. The third-order valence-corrected chi connectivity index (χ3v) is 1.74. The molecule has 0 amide bonds. The van der Waals surface area contributed by atoms with Crippen LogP contribution in [0.3, 0.4) is 0 Å². The van der Waals surface area contributed by atoms with E-state index in [0.717, 1.165) is 4.68 Å². The van der Waals surface area contributed by atoms with Crippen LogP contribution in [0.1, 0.15) is 13.8 Å². The SMILES string of the molecule is [2H]c1nn(-c2c([2H])c([2H])c([2H])c(C#N)c2[2H])c([2H])c1Br. The van der Waals surface area contributed by atoms with Crippen molar-refractivity contribution in [2.45, 2.75) is 0 Å². The fourth-order valence-electron chi connectivity index (χ4n) is 0.838. The number of benzene rings is 1. The summed E-state index contributed by atoms with van der Waals surface area (Å²) in [4.78, 5) is 0. The molecule has 3 nitrogen and oxygen atoms in total. The summed E-state index contributed by atoms with van der Waals surface area (Å²) in [6, 6.07) is -0.325. The Morgan fingerprint density at radius 2 is 2.43 bits per heavy atom. The predicted octanol–water partition coefficient (Wildman–Crippen LogP) is 2.51. The maximum atomic E-state index is 8.96. The summed E-state index contributed by atoms with van der Waals surface area (Å²) in [6.07, 6.45) is -0.521. The quantitative estimate of drug-likeness (QED) is 0.784. The van der Waals surface area contributed by atoms with Gasteiger partial charge in [-0.15, -0.1) is 0 Å². The summed E-state index contributed by atoms with van der Waals surface area (Å²) in [5.74, 6) is 0. The van der Waals surface area contributed by atoms with E-state index in [2.05, 4.69) is 21.0 Å². The molecule has 0 saturated carbocycles. The van der Waals surface area contributed by atoms with Gasteiger partial charge in [0.25, 0.3) is 0 Å². The van der Waals surface area contributed by atoms with Gasteiger partial charge in [-0.05, 0) is 34.1 Å². The van der Waals surface area contributed by atoms with E-state index in [4.69, 9.17) is 13.5 Å². The molecule has 68 valence electrons. The lowest BCUT2D eigenvalue weighted by atomic mass is 10.2. The first-order valence-electron chi connectivity index (χ1n) is 6.53. The van der Waals surface area contributed by atoms with E-state index in [9.17, 15) is 0 Å². The van der Waals surface area contributed by atoms with E-state index in [0.29, 0.717) is 0 Å². The number of nitrogens with zero attached hydrogens (tertiary/aromatic N) is 3. The second-order valence-electron chi connectivity index (χ2n) is 2.28. The molecule has 0 aliphatic carbocycles. The van der Waals surface area contributed by atoms with Crippen LogP contribution in [0.4, 0.5) is 0 Å². The molecule has 0 unspecified atom stereocenters. The van der Waals surface area contributed by atoms with Gasteiger partial charge in [0, 0.05) is 6.17 Å². The molecule has 2 rings (SSSR count). The van der Waals surface area contributed by atoms with E-state index >= 15 is 0 Å². The zero-order chi connectivity index (χ0) is 15.2. The van der Waals surface area contributed by atoms with Crippen molar-refractivity contribution in [2.75, 3.05) is 0 Å². The number of nitriles is 1.